The van der Waals surface area contributed by atoms with E-state index in [2.05, 4.69) is 11.0 Å². The average Bonchev–Trinajstić information content (AvgIpc) is 3.16. The highest BCUT2D eigenvalue weighted by atomic mass is 32.1. The molecule has 0 bridgehead atoms. The van der Waals surface area contributed by atoms with Gasteiger partial charge in [0.2, 0.25) is 0 Å². The largest absolute Gasteiger partial charge is 0.337 e. The molecule has 1 fully saturated rings. The van der Waals surface area contributed by atoms with Crippen LogP contribution in [0.15, 0.2) is 29.0 Å². The van der Waals surface area contributed by atoms with Crippen molar-refractivity contribution in [3.05, 3.63) is 44.3 Å². The SMILES string of the molecule is N#Cc1csc(CN2CCCN(C(=O)c3cccs3)CC2)c1. The summed E-state index contributed by atoms with van der Waals surface area (Å²) in [6.07, 6.45) is 0.994. The minimum atomic E-state index is 0.153. The zero-order valence-electron chi connectivity index (χ0n) is 12.2. The van der Waals surface area contributed by atoms with E-state index in [1.54, 1.807) is 11.3 Å². The van der Waals surface area contributed by atoms with Gasteiger partial charge in [-0.2, -0.15) is 5.26 Å². The number of carbonyl (C=O) groups is 1. The van der Waals surface area contributed by atoms with E-state index in [9.17, 15) is 4.79 Å². The molecule has 0 spiro atoms. The van der Waals surface area contributed by atoms with Gasteiger partial charge in [0.1, 0.15) is 6.07 Å². The summed E-state index contributed by atoms with van der Waals surface area (Å²) in [7, 11) is 0. The lowest BCUT2D eigenvalue weighted by Gasteiger charge is -2.21. The lowest BCUT2D eigenvalue weighted by atomic mass is 10.3. The van der Waals surface area contributed by atoms with Crippen LogP contribution in [0.1, 0.15) is 26.5 Å². The summed E-state index contributed by atoms with van der Waals surface area (Å²) < 4.78 is 0. The summed E-state index contributed by atoms with van der Waals surface area (Å²) in [5, 5.41) is 12.7. The van der Waals surface area contributed by atoms with Gasteiger partial charge in [0.05, 0.1) is 10.4 Å². The van der Waals surface area contributed by atoms with Crippen LogP contribution in [0.5, 0.6) is 0 Å². The van der Waals surface area contributed by atoms with Crippen molar-refractivity contribution in [2.75, 3.05) is 26.2 Å². The molecular weight excluding hydrogens is 314 g/mol. The van der Waals surface area contributed by atoms with Gasteiger partial charge in [0, 0.05) is 43.0 Å². The molecule has 0 radical (unpaired) electrons. The molecule has 0 saturated carbocycles. The molecule has 0 atom stereocenters. The molecule has 0 unspecified atom stereocenters. The van der Waals surface area contributed by atoms with Gasteiger partial charge in [-0.05, 0) is 23.9 Å². The lowest BCUT2D eigenvalue weighted by molar-refractivity contribution is 0.0766. The Bertz CT molecular complexity index is 672. The number of nitrogens with zero attached hydrogens (tertiary/aromatic N) is 3. The topological polar surface area (TPSA) is 47.3 Å². The van der Waals surface area contributed by atoms with Crippen molar-refractivity contribution >= 4 is 28.6 Å². The number of thiophene rings is 2. The number of amides is 1. The predicted molar refractivity (Wildman–Crippen MR) is 89.2 cm³/mol. The smallest absolute Gasteiger partial charge is 0.263 e. The molecule has 3 heterocycles. The van der Waals surface area contributed by atoms with E-state index in [-0.39, 0.29) is 5.91 Å². The Kier molecular flexibility index (Phi) is 4.88. The average molecular weight is 331 g/mol. The summed E-state index contributed by atoms with van der Waals surface area (Å²) in [4.78, 5) is 18.8. The Balaban J connectivity index is 1.58. The number of carbonyl (C=O) groups excluding carboxylic acids is 1. The molecule has 1 aliphatic rings. The first-order valence-corrected chi connectivity index (χ1v) is 9.05. The van der Waals surface area contributed by atoms with Crippen LogP contribution in [0.25, 0.3) is 0 Å². The molecule has 114 valence electrons. The van der Waals surface area contributed by atoms with E-state index in [0.29, 0.717) is 0 Å². The van der Waals surface area contributed by atoms with Crippen LogP contribution in [-0.4, -0.2) is 41.9 Å². The fraction of sp³-hybridized carbons (Fsp3) is 0.375. The van der Waals surface area contributed by atoms with E-state index < -0.39 is 0 Å². The van der Waals surface area contributed by atoms with Crippen molar-refractivity contribution in [2.24, 2.45) is 0 Å². The minimum Gasteiger partial charge on any atom is -0.337 e. The van der Waals surface area contributed by atoms with E-state index in [4.69, 9.17) is 5.26 Å². The first-order valence-electron chi connectivity index (χ1n) is 7.29. The molecule has 4 nitrogen and oxygen atoms in total. The third-order valence-corrected chi connectivity index (χ3v) is 5.55. The molecule has 1 amide bonds. The quantitative estimate of drug-likeness (QED) is 0.868. The van der Waals surface area contributed by atoms with Crippen molar-refractivity contribution in [1.82, 2.24) is 9.80 Å². The Morgan fingerprint density at radius 2 is 2.18 bits per heavy atom. The maximum Gasteiger partial charge on any atom is 0.263 e. The molecule has 3 rings (SSSR count). The first kappa shape index (κ1) is 15.2. The van der Waals surface area contributed by atoms with Crippen LogP contribution in [0.4, 0.5) is 0 Å². The van der Waals surface area contributed by atoms with Gasteiger partial charge < -0.3 is 4.90 Å². The highest BCUT2D eigenvalue weighted by Gasteiger charge is 2.21. The van der Waals surface area contributed by atoms with Crippen molar-refractivity contribution in [1.29, 1.82) is 5.26 Å². The van der Waals surface area contributed by atoms with Gasteiger partial charge >= 0.3 is 0 Å². The van der Waals surface area contributed by atoms with Gasteiger partial charge in [-0.1, -0.05) is 6.07 Å². The molecule has 0 aliphatic carbocycles. The molecule has 6 heteroatoms. The molecule has 2 aromatic rings. The molecule has 0 N–H and O–H groups in total. The maximum atomic E-state index is 12.4. The highest BCUT2D eigenvalue weighted by molar-refractivity contribution is 7.12. The molecule has 1 saturated heterocycles. The third-order valence-electron chi connectivity index (χ3n) is 3.77. The highest BCUT2D eigenvalue weighted by Crippen LogP contribution is 2.18. The van der Waals surface area contributed by atoms with E-state index in [0.717, 1.165) is 49.6 Å². The van der Waals surface area contributed by atoms with Gasteiger partial charge in [0.15, 0.2) is 0 Å². The number of hydrogen-bond acceptors (Lipinski definition) is 5. The standard InChI is InChI=1S/C16H17N3OS2/c17-10-13-9-14(22-12-13)11-18-4-2-5-19(7-6-18)16(20)15-3-1-8-21-15/h1,3,8-9,12H,2,4-7,11H2. The van der Waals surface area contributed by atoms with Crippen LogP contribution in [0, 0.1) is 11.3 Å². The van der Waals surface area contributed by atoms with Crippen LogP contribution < -0.4 is 0 Å². The normalized spacial score (nSPS) is 16.2. The fourth-order valence-corrected chi connectivity index (χ4v) is 4.17. The van der Waals surface area contributed by atoms with Crippen LogP contribution >= 0.6 is 22.7 Å². The Morgan fingerprint density at radius 1 is 1.27 bits per heavy atom. The van der Waals surface area contributed by atoms with E-state index in [1.165, 1.54) is 16.2 Å². The van der Waals surface area contributed by atoms with Crippen molar-refractivity contribution in [3.63, 3.8) is 0 Å². The second-order valence-corrected chi connectivity index (χ2v) is 7.26. The molecule has 0 aromatic carbocycles. The number of rotatable bonds is 3. The monoisotopic (exact) mass is 331 g/mol. The number of hydrogen-bond donors (Lipinski definition) is 0. The van der Waals surface area contributed by atoms with Crippen LogP contribution in [0.2, 0.25) is 0 Å². The van der Waals surface area contributed by atoms with Crippen molar-refractivity contribution in [3.8, 4) is 6.07 Å². The van der Waals surface area contributed by atoms with E-state index in [1.807, 2.05) is 33.9 Å². The minimum absolute atomic E-state index is 0.153. The van der Waals surface area contributed by atoms with Crippen LogP contribution in [-0.2, 0) is 6.54 Å². The Labute approximate surface area is 138 Å². The molecule has 2 aromatic heterocycles. The van der Waals surface area contributed by atoms with Gasteiger partial charge in [-0.15, -0.1) is 22.7 Å². The summed E-state index contributed by atoms with van der Waals surface area (Å²) in [6, 6.07) is 7.95. The van der Waals surface area contributed by atoms with E-state index >= 15 is 0 Å². The van der Waals surface area contributed by atoms with Crippen molar-refractivity contribution < 1.29 is 4.79 Å². The zero-order chi connectivity index (χ0) is 15.4. The summed E-state index contributed by atoms with van der Waals surface area (Å²) in [6.45, 7) is 4.34. The molecule has 22 heavy (non-hydrogen) atoms. The maximum absolute atomic E-state index is 12.4. The van der Waals surface area contributed by atoms with Crippen molar-refractivity contribution in [2.45, 2.75) is 13.0 Å². The Hall–Kier alpha value is -1.68. The summed E-state index contributed by atoms with van der Waals surface area (Å²) in [5.74, 6) is 0.153. The second-order valence-electron chi connectivity index (χ2n) is 5.31. The van der Waals surface area contributed by atoms with Gasteiger partial charge in [-0.3, -0.25) is 9.69 Å². The fourth-order valence-electron chi connectivity index (χ4n) is 2.63. The zero-order valence-corrected chi connectivity index (χ0v) is 13.8. The molecule has 1 aliphatic heterocycles. The first-order chi connectivity index (χ1) is 10.8. The third kappa shape index (κ3) is 3.55. The van der Waals surface area contributed by atoms with Gasteiger partial charge in [-0.25, -0.2) is 0 Å². The number of nitriles is 1. The molecular formula is C16H17N3OS2. The summed E-state index contributed by atoms with van der Waals surface area (Å²) in [5.41, 5.74) is 0.740. The second kappa shape index (κ2) is 7.05. The van der Waals surface area contributed by atoms with Crippen LogP contribution in [0.3, 0.4) is 0 Å². The van der Waals surface area contributed by atoms with Gasteiger partial charge in [0.25, 0.3) is 5.91 Å². The summed E-state index contributed by atoms with van der Waals surface area (Å²) >= 11 is 3.14. The Morgan fingerprint density at radius 3 is 2.91 bits per heavy atom. The predicted octanol–water partition coefficient (Wildman–Crippen LogP) is 3.03. The lowest BCUT2D eigenvalue weighted by Crippen LogP contribution is -2.34.